The number of piperidine rings is 1. The Morgan fingerprint density at radius 2 is 1.82 bits per heavy atom. The van der Waals surface area contributed by atoms with Gasteiger partial charge in [0.2, 0.25) is 5.88 Å². The summed E-state index contributed by atoms with van der Waals surface area (Å²) in [5.74, 6) is 1.59. The topological polar surface area (TPSA) is 97.5 Å². The number of carbonyl (C=O) groups excluding carboxylic acids is 1. The van der Waals surface area contributed by atoms with E-state index in [4.69, 9.17) is 15.5 Å². The third kappa shape index (κ3) is 4.56. The maximum absolute atomic E-state index is 13.2. The molecular formula is C30H32N6O2. The van der Waals surface area contributed by atoms with E-state index in [2.05, 4.69) is 46.1 Å². The molecule has 0 bridgehead atoms. The monoisotopic (exact) mass is 508 g/mol. The fraction of sp³-hybridized carbons (Fsp3) is 0.333. The van der Waals surface area contributed by atoms with Crippen molar-refractivity contribution in [1.29, 1.82) is 0 Å². The van der Waals surface area contributed by atoms with Crippen LogP contribution >= 0.6 is 0 Å². The van der Waals surface area contributed by atoms with Crippen molar-refractivity contribution in [2.75, 3.05) is 31.6 Å². The number of likely N-dealkylation sites (tertiary alicyclic amines) is 1. The summed E-state index contributed by atoms with van der Waals surface area (Å²) < 4.78 is 5.22. The molecule has 0 atom stereocenters. The van der Waals surface area contributed by atoms with Gasteiger partial charge in [0.1, 0.15) is 12.1 Å². The number of amides is 1. The Morgan fingerprint density at radius 3 is 2.58 bits per heavy atom. The molecule has 0 spiro atoms. The molecular weight excluding hydrogens is 476 g/mol. The van der Waals surface area contributed by atoms with Crippen molar-refractivity contribution in [2.24, 2.45) is 5.73 Å². The molecule has 38 heavy (non-hydrogen) atoms. The number of nitrogens with two attached hydrogens (primary N) is 1. The third-order valence-electron chi connectivity index (χ3n) is 7.78. The molecule has 1 fully saturated rings. The molecule has 2 aromatic carbocycles. The van der Waals surface area contributed by atoms with Crippen molar-refractivity contribution >= 4 is 22.6 Å². The second kappa shape index (κ2) is 10.0. The second-order valence-corrected chi connectivity index (χ2v) is 10.3. The summed E-state index contributed by atoms with van der Waals surface area (Å²) in [6.45, 7) is 5.07. The molecule has 2 aliphatic heterocycles. The Labute approximate surface area is 222 Å². The highest BCUT2D eigenvalue weighted by Crippen LogP contribution is 2.34. The summed E-state index contributed by atoms with van der Waals surface area (Å²) in [7, 11) is 1.62. The molecule has 0 radical (unpaired) electrons. The Morgan fingerprint density at radius 1 is 0.974 bits per heavy atom. The largest absolute Gasteiger partial charge is 0.481 e. The van der Waals surface area contributed by atoms with Crippen molar-refractivity contribution in [3.63, 3.8) is 0 Å². The lowest BCUT2D eigenvalue weighted by Crippen LogP contribution is -2.43. The molecule has 8 heteroatoms. The number of ether oxygens (including phenoxy) is 1. The van der Waals surface area contributed by atoms with Crippen molar-refractivity contribution in [3.05, 3.63) is 77.2 Å². The predicted octanol–water partition coefficient (Wildman–Crippen LogP) is 4.13. The normalized spacial score (nSPS) is 16.0. The standard InChI is InChI=1S/C30H32N6O2/c1-19-13-23(22-5-6-27(38-2)32-16-22)15-26-28(19)33-18-34-29(26)36-10-7-20-3-4-21(14-24(20)17-36)30(37)35-11-8-25(31)9-12-35/h3-6,13-16,18,25H,7-12,17,31H2,1-2H3. The van der Waals surface area contributed by atoms with Crippen LogP contribution in [0.5, 0.6) is 5.88 Å². The highest BCUT2D eigenvalue weighted by molar-refractivity contribution is 5.96. The number of nitrogens with zero attached hydrogens (tertiary/aromatic N) is 5. The lowest BCUT2D eigenvalue weighted by molar-refractivity contribution is 0.0714. The first-order valence-electron chi connectivity index (χ1n) is 13.2. The SMILES string of the molecule is COc1ccc(-c2cc(C)c3ncnc(N4CCc5ccc(C(=O)N6CCC(N)CC6)cc5C4)c3c2)cn1. The number of methoxy groups -OCH3 is 1. The van der Waals surface area contributed by atoms with Crippen LogP contribution in [0.25, 0.3) is 22.0 Å². The zero-order valence-electron chi connectivity index (χ0n) is 21.9. The van der Waals surface area contributed by atoms with Gasteiger partial charge in [0.25, 0.3) is 5.91 Å². The zero-order chi connectivity index (χ0) is 26.2. The van der Waals surface area contributed by atoms with Crippen LogP contribution in [0.15, 0.2) is 55.0 Å². The number of anilines is 1. The number of carbonyl (C=O) groups is 1. The van der Waals surface area contributed by atoms with Gasteiger partial charge in [-0.3, -0.25) is 4.79 Å². The number of rotatable bonds is 4. The smallest absolute Gasteiger partial charge is 0.253 e. The minimum Gasteiger partial charge on any atom is -0.481 e. The fourth-order valence-corrected chi connectivity index (χ4v) is 5.58. The van der Waals surface area contributed by atoms with E-state index < -0.39 is 0 Å². The number of benzene rings is 2. The van der Waals surface area contributed by atoms with Gasteiger partial charge in [0, 0.05) is 61.0 Å². The molecule has 1 amide bonds. The number of pyridine rings is 1. The van der Waals surface area contributed by atoms with E-state index in [0.717, 1.165) is 77.9 Å². The molecule has 1 saturated heterocycles. The number of aryl methyl sites for hydroxylation is 1. The summed E-state index contributed by atoms with van der Waals surface area (Å²) in [6, 6.07) is 14.5. The highest BCUT2D eigenvalue weighted by atomic mass is 16.5. The fourth-order valence-electron chi connectivity index (χ4n) is 5.58. The molecule has 8 nitrogen and oxygen atoms in total. The molecule has 2 aromatic heterocycles. The summed E-state index contributed by atoms with van der Waals surface area (Å²) >= 11 is 0. The number of hydrogen-bond acceptors (Lipinski definition) is 7. The predicted molar refractivity (Wildman–Crippen MR) is 148 cm³/mol. The van der Waals surface area contributed by atoms with Gasteiger partial charge >= 0.3 is 0 Å². The molecule has 0 unspecified atom stereocenters. The maximum atomic E-state index is 13.2. The van der Waals surface area contributed by atoms with Crippen LogP contribution in [0, 0.1) is 6.92 Å². The number of aromatic nitrogens is 3. The first-order valence-corrected chi connectivity index (χ1v) is 13.2. The average Bonchev–Trinajstić information content (AvgIpc) is 2.96. The Balaban J connectivity index is 1.31. The lowest BCUT2D eigenvalue weighted by Gasteiger charge is -2.32. The molecule has 4 aromatic rings. The van der Waals surface area contributed by atoms with E-state index in [0.29, 0.717) is 12.4 Å². The average molecular weight is 509 g/mol. The molecule has 194 valence electrons. The Kier molecular flexibility index (Phi) is 6.41. The van der Waals surface area contributed by atoms with Gasteiger partial charge in [-0.25, -0.2) is 15.0 Å². The van der Waals surface area contributed by atoms with E-state index in [1.54, 1.807) is 13.4 Å². The maximum Gasteiger partial charge on any atom is 0.253 e. The van der Waals surface area contributed by atoms with Crippen LogP contribution in [0.1, 0.15) is 39.9 Å². The van der Waals surface area contributed by atoms with Crippen LogP contribution in [-0.4, -0.2) is 58.5 Å². The number of fused-ring (bicyclic) bond motifs is 2. The molecule has 6 rings (SSSR count). The Hall–Kier alpha value is -4.04. The van der Waals surface area contributed by atoms with E-state index in [1.807, 2.05) is 29.3 Å². The van der Waals surface area contributed by atoms with Gasteiger partial charge in [-0.05, 0) is 78.8 Å². The summed E-state index contributed by atoms with van der Waals surface area (Å²) in [5.41, 5.74) is 13.4. The van der Waals surface area contributed by atoms with Crippen molar-refractivity contribution in [3.8, 4) is 17.0 Å². The van der Waals surface area contributed by atoms with Crippen molar-refractivity contribution < 1.29 is 9.53 Å². The zero-order valence-corrected chi connectivity index (χ0v) is 21.9. The Bertz CT molecular complexity index is 1500. The quantitative estimate of drug-likeness (QED) is 0.443. The molecule has 4 heterocycles. The summed E-state index contributed by atoms with van der Waals surface area (Å²) in [6.07, 6.45) is 6.10. The minimum atomic E-state index is 0.0951. The van der Waals surface area contributed by atoms with E-state index in [1.165, 1.54) is 11.1 Å². The van der Waals surface area contributed by atoms with Crippen LogP contribution in [-0.2, 0) is 13.0 Å². The van der Waals surface area contributed by atoms with Gasteiger partial charge in [-0.15, -0.1) is 0 Å². The lowest BCUT2D eigenvalue weighted by atomic mass is 9.95. The first-order chi connectivity index (χ1) is 18.5. The molecule has 2 N–H and O–H groups in total. The van der Waals surface area contributed by atoms with Crippen LogP contribution < -0.4 is 15.4 Å². The van der Waals surface area contributed by atoms with E-state index >= 15 is 0 Å². The molecule has 2 aliphatic rings. The van der Waals surface area contributed by atoms with Crippen LogP contribution in [0.3, 0.4) is 0 Å². The van der Waals surface area contributed by atoms with Crippen LogP contribution in [0.4, 0.5) is 5.82 Å². The van der Waals surface area contributed by atoms with Gasteiger partial charge in [-0.2, -0.15) is 0 Å². The van der Waals surface area contributed by atoms with Crippen molar-refractivity contribution in [1.82, 2.24) is 19.9 Å². The second-order valence-electron chi connectivity index (χ2n) is 10.3. The van der Waals surface area contributed by atoms with Gasteiger partial charge < -0.3 is 20.3 Å². The molecule has 0 aliphatic carbocycles. The van der Waals surface area contributed by atoms with Gasteiger partial charge in [-0.1, -0.05) is 6.07 Å². The molecule has 0 saturated carbocycles. The highest BCUT2D eigenvalue weighted by Gasteiger charge is 2.25. The minimum absolute atomic E-state index is 0.0951. The van der Waals surface area contributed by atoms with E-state index in [-0.39, 0.29) is 11.9 Å². The summed E-state index contributed by atoms with van der Waals surface area (Å²) in [5, 5.41) is 1.01. The van der Waals surface area contributed by atoms with Gasteiger partial charge in [0.15, 0.2) is 0 Å². The van der Waals surface area contributed by atoms with Crippen LogP contribution in [0.2, 0.25) is 0 Å². The van der Waals surface area contributed by atoms with Crippen molar-refractivity contribution in [2.45, 2.75) is 38.8 Å². The van der Waals surface area contributed by atoms with Gasteiger partial charge in [0.05, 0.1) is 12.6 Å². The van der Waals surface area contributed by atoms with E-state index in [9.17, 15) is 4.79 Å². The third-order valence-corrected chi connectivity index (χ3v) is 7.78. The first kappa shape index (κ1) is 24.3. The summed E-state index contributed by atoms with van der Waals surface area (Å²) in [4.78, 5) is 31.2. The number of hydrogen-bond donors (Lipinski definition) is 1.